The van der Waals surface area contributed by atoms with Crippen molar-refractivity contribution in [2.24, 2.45) is 0 Å². The van der Waals surface area contributed by atoms with E-state index in [1.165, 1.54) is 0 Å². The van der Waals surface area contributed by atoms with Crippen molar-refractivity contribution < 1.29 is 9.90 Å². The van der Waals surface area contributed by atoms with E-state index in [4.69, 9.17) is 0 Å². The number of anilines is 2. The molecule has 122 valence electrons. The van der Waals surface area contributed by atoms with Gasteiger partial charge in [0, 0.05) is 26.1 Å². The zero-order chi connectivity index (χ0) is 17.3. The van der Waals surface area contributed by atoms with E-state index in [1.54, 1.807) is 29.2 Å². The fourth-order valence-electron chi connectivity index (χ4n) is 2.34. The number of aromatic nitrogens is 2. The van der Waals surface area contributed by atoms with E-state index in [2.05, 4.69) is 48.9 Å². The number of nitrogens with zero attached hydrogens (tertiary/aromatic N) is 2. The lowest BCUT2D eigenvalue weighted by Gasteiger charge is -2.15. The van der Waals surface area contributed by atoms with Gasteiger partial charge in [-0.1, -0.05) is 0 Å². The van der Waals surface area contributed by atoms with Crippen LogP contribution < -0.4 is 5.32 Å². The number of hydrogen-bond acceptors (Lipinski definition) is 3. The molecule has 0 unspecified atom stereocenters. The molecule has 3 aromatic rings. The molecule has 0 aliphatic heterocycles. The molecule has 0 aliphatic carbocycles. The van der Waals surface area contributed by atoms with E-state index in [1.807, 2.05) is 31.2 Å². The first-order valence-electron chi connectivity index (χ1n) is 7.06. The molecule has 7 heteroatoms. The summed E-state index contributed by atoms with van der Waals surface area (Å²) in [5, 5.41) is 17.0. The van der Waals surface area contributed by atoms with E-state index < -0.39 is 5.97 Å². The second-order valence-electron chi connectivity index (χ2n) is 5.19. The number of halogens is 2. The zero-order valence-electron chi connectivity index (χ0n) is 12.6. The lowest BCUT2D eigenvalue weighted by molar-refractivity contribution is 0.0698. The highest BCUT2D eigenvalue weighted by Gasteiger charge is 2.16. The maximum absolute atomic E-state index is 11.6. The molecule has 2 aromatic carbocycles. The van der Waals surface area contributed by atoms with Crippen molar-refractivity contribution in [1.29, 1.82) is 0 Å². The van der Waals surface area contributed by atoms with Crippen LogP contribution in [0.4, 0.5) is 11.4 Å². The Morgan fingerprint density at radius 2 is 2.08 bits per heavy atom. The first-order chi connectivity index (χ1) is 11.5. The van der Waals surface area contributed by atoms with Crippen LogP contribution in [0.2, 0.25) is 0 Å². The van der Waals surface area contributed by atoms with Gasteiger partial charge in [0.15, 0.2) is 0 Å². The Labute approximate surface area is 161 Å². The quantitative estimate of drug-likeness (QED) is 0.498. The average molecular weight is 498 g/mol. The molecule has 0 radical (unpaired) electrons. The van der Waals surface area contributed by atoms with E-state index in [-0.39, 0.29) is 5.56 Å². The molecule has 0 saturated heterocycles. The number of aryl methyl sites for hydroxylation is 1. The predicted octanol–water partition coefficient (Wildman–Crippen LogP) is 4.99. The van der Waals surface area contributed by atoms with Crippen molar-refractivity contribution in [1.82, 2.24) is 9.78 Å². The van der Waals surface area contributed by atoms with Gasteiger partial charge < -0.3 is 10.4 Å². The van der Waals surface area contributed by atoms with Gasteiger partial charge in [-0.3, -0.25) is 0 Å². The Balaban J connectivity index is 2.10. The topological polar surface area (TPSA) is 67.2 Å². The maximum atomic E-state index is 11.6. The van der Waals surface area contributed by atoms with E-state index >= 15 is 0 Å². The van der Waals surface area contributed by atoms with Gasteiger partial charge in [-0.25, -0.2) is 9.48 Å². The lowest BCUT2D eigenvalue weighted by Crippen LogP contribution is -2.06. The van der Waals surface area contributed by atoms with Gasteiger partial charge in [0.25, 0.3) is 0 Å². The minimum Gasteiger partial charge on any atom is -0.478 e. The van der Waals surface area contributed by atoms with E-state index in [9.17, 15) is 9.90 Å². The number of carboxylic acids is 1. The van der Waals surface area contributed by atoms with Gasteiger partial charge in [-0.2, -0.15) is 5.10 Å². The number of aromatic carboxylic acids is 1. The molecule has 0 amide bonds. The summed E-state index contributed by atoms with van der Waals surface area (Å²) in [6.45, 7) is 1.98. The van der Waals surface area contributed by atoms with Gasteiger partial charge >= 0.3 is 5.97 Å². The van der Waals surface area contributed by atoms with Crippen LogP contribution in [0.1, 0.15) is 15.9 Å². The van der Waals surface area contributed by atoms with Crippen molar-refractivity contribution >= 4 is 55.9 Å². The van der Waals surface area contributed by atoms with E-state index in [0.29, 0.717) is 10.2 Å². The molecule has 2 N–H and O–H groups in total. The van der Waals surface area contributed by atoms with Gasteiger partial charge in [-0.05, 0) is 87.4 Å². The number of carboxylic acid groups (broad SMARTS) is 1. The third-order valence-electron chi connectivity index (χ3n) is 3.53. The summed E-state index contributed by atoms with van der Waals surface area (Å²) in [5.74, 6) is -0.992. The maximum Gasteiger partial charge on any atom is 0.337 e. The van der Waals surface area contributed by atoms with Crippen molar-refractivity contribution in [2.75, 3.05) is 5.32 Å². The minimum absolute atomic E-state index is 0.190. The van der Waals surface area contributed by atoms with Crippen LogP contribution in [0.25, 0.3) is 5.69 Å². The fourth-order valence-corrected chi connectivity index (χ4v) is 3.51. The lowest BCUT2D eigenvalue weighted by atomic mass is 10.1. The second kappa shape index (κ2) is 6.94. The van der Waals surface area contributed by atoms with Crippen molar-refractivity contribution in [3.05, 3.63) is 68.0 Å². The Kier molecular flexibility index (Phi) is 4.91. The van der Waals surface area contributed by atoms with Crippen LogP contribution in [-0.4, -0.2) is 20.9 Å². The molecule has 0 saturated carbocycles. The van der Waals surface area contributed by atoms with Gasteiger partial charge in [-0.15, -0.1) is 0 Å². The first kappa shape index (κ1) is 17.0. The molecule has 0 fully saturated rings. The Hall–Kier alpha value is -1.87. The Morgan fingerprint density at radius 1 is 1.29 bits per heavy atom. The van der Waals surface area contributed by atoms with Crippen molar-refractivity contribution in [2.45, 2.75) is 6.92 Å². The fraction of sp³-hybridized carbons (Fsp3) is 0.0588. The smallest absolute Gasteiger partial charge is 0.337 e. The highest BCUT2D eigenvalue weighted by atomic mass is 127. The van der Waals surface area contributed by atoms with Crippen LogP contribution in [0.15, 0.2) is 53.3 Å². The van der Waals surface area contributed by atoms with Gasteiger partial charge in [0.2, 0.25) is 0 Å². The largest absolute Gasteiger partial charge is 0.478 e. The molecular formula is C17H13BrIN3O2. The third-order valence-corrected chi connectivity index (χ3v) is 4.83. The molecule has 24 heavy (non-hydrogen) atoms. The zero-order valence-corrected chi connectivity index (χ0v) is 16.4. The SMILES string of the molecule is Cc1cc(I)ccc1Nc1cc(-n2cccn2)c(Br)cc1C(=O)O. The minimum atomic E-state index is -0.992. The number of hydrogen-bond donors (Lipinski definition) is 2. The second-order valence-corrected chi connectivity index (χ2v) is 7.29. The first-order valence-corrected chi connectivity index (χ1v) is 8.93. The van der Waals surface area contributed by atoms with Gasteiger partial charge in [0.1, 0.15) is 0 Å². The summed E-state index contributed by atoms with van der Waals surface area (Å²) in [6.07, 6.45) is 3.48. The number of nitrogens with one attached hydrogen (secondary N) is 1. The molecule has 0 atom stereocenters. The van der Waals surface area contributed by atoms with Crippen LogP contribution in [0.3, 0.4) is 0 Å². The average Bonchev–Trinajstić information content (AvgIpc) is 3.05. The molecule has 1 heterocycles. The summed E-state index contributed by atoms with van der Waals surface area (Å²) >= 11 is 5.67. The number of rotatable bonds is 4. The van der Waals surface area contributed by atoms with Crippen molar-refractivity contribution in [3.8, 4) is 5.69 Å². The number of carbonyl (C=O) groups is 1. The van der Waals surface area contributed by atoms with Crippen LogP contribution in [0, 0.1) is 10.5 Å². The predicted molar refractivity (Wildman–Crippen MR) is 105 cm³/mol. The summed E-state index contributed by atoms with van der Waals surface area (Å²) in [4.78, 5) is 11.6. The van der Waals surface area contributed by atoms with Crippen LogP contribution in [0.5, 0.6) is 0 Å². The standard InChI is InChI=1S/C17H13BrIN3O2/c1-10-7-11(19)3-4-14(10)21-15-9-16(22-6-2-5-20-22)13(18)8-12(15)17(23)24/h2-9,21H,1H3,(H,23,24). The summed E-state index contributed by atoms with van der Waals surface area (Å²) in [7, 11) is 0. The Morgan fingerprint density at radius 3 is 2.71 bits per heavy atom. The van der Waals surface area contributed by atoms with E-state index in [0.717, 1.165) is 20.5 Å². The summed E-state index contributed by atoms with van der Waals surface area (Å²) in [5.41, 5.74) is 3.38. The summed E-state index contributed by atoms with van der Waals surface area (Å²) in [6, 6.07) is 11.1. The third kappa shape index (κ3) is 3.46. The normalized spacial score (nSPS) is 10.6. The Bertz CT molecular complexity index is 910. The summed E-state index contributed by atoms with van der Waals surface area (Å²) < 4.78 is 3.47. The number of benzene rings is 2. The molecular weight excluding hydrogens is 485 g/mol. The monoisotopic (exact) mass is 497 g/mol. The molecule has 5 nitrogen and oxygen atoms in total. The van der Waals surface area contributed by atoms with Crippen LogP contribution in [-0.2, 0) is 0 Å². The highest BCUT2D eigenvalue weighted by molar-refractivity contribution is 14.1. The molecule has 1 aromatic heterocycles. The molecule has 0 bridgehead atoms. The van der Waals surface area contributed by atoms with Crippen molar-refractivity contribution in [3.63, 3.8) is 0 Å². The molecule has 0 aliphatic rings. The van der Waals surface area contributed by atoms with Crippen LogP contribution >= 0.6 is 38.5 Å². The molecule has 0 spiro atoms. The molecule has 3 rings (SSSR count). The van der Waals surface area contributed by atoms with Gasteiger partial charge in [0.05, 0.1) is 16.9 Å². The highest BCUT2D eigenvalue weighted by Crippen LogP contribution is 2.31.